The molecule has 0 radical (unpaired) electrons. The van der Waals surface area contributed by atoms with Crippen LogP contribution in [0.5, 0.6) is 0 Å². The Morgan fingerprint density at radius 3 is 2.69 bits per heavy atom. The number of rotatable bonds is 3. The molecule has 0 aliphatic carbocycles. The van der Waals surface area contributed by atoms with Gasteiger partial charge in [-0.2, -0.15) is 4.98 Å². The number of fused-ring (bicyclic) bond motifs is 1. The molecule has 0 atom stereocenters. The fraction of sp³-hybridized carbons (Fsp3) is 0.105. The van der Waals surface area contributed by atoms with E-state index in [1.807, 2.05) is 50.2 Å². The van der Waals surface area contributed by atoms with E-state index in [0.717, 1.165) is 16.8 Å². The molecular formula is C19H16N6O. The molecule has 1 amide bonds. The number of pyridine rings is 1. The molecule has 0 bridgehead atoms. The van der Waals surface area contributed by atoms with Gasteiger partial charge in [0, 0.05) is 29.8 Å². The normalized spacial score (nSPS) is 10.8. The zero-order chi connectivity index (χ0) is 18.1. The first-order valence-electron chi connectivity index (χ1n) is 8.13. The van der Waals surface area contributed by atoms with Gasteiger partial charge in [-0.25, -0.2) is 9.50 Å². The Morgan fingerprint density at radius 2 is 1.92 bits per heavy atom. The van der Waals surface area contributed by atoms with Crippen LogP contribution in [0.1, 0.15) is 21.6 Å². The fourth-order valence-corrected chi connectivity index (χ4v) is 2.69. The average molecular weight is 344 g/mol. The number of para-hydroxylation sites is 1. The Hall–Kier alpha value is -3.61. The minimum absolute atomic E-state index is 0.232. The smallest absolute Gasteiger partial charge is 0.259 e. The molecular weight excluding hydrogens is 328 g/mol. The lowest BCUT2D eigenvalue weighted by atomic mass is 10.2. The Morgan fingerprint density at radius 1 is 1.08 bits per heavy atom. The molecule has 7 nitrogen and oxygen atoms in total. The first kappa shape index (κ1) is 15.9. The molecule has 1 N–H and O–H groups in total. The Balaban J connectivity index is 1.71. The van der Waals surface area contributed by atoms with E-state index >= 15 is 0 Å². The third-order valence-corrected chi connectivity index (χ3v) is 4.16. The van der Waals surface area contributed by atoms with Crippen molar-refractivity contribution in [3.05, 3.63) is 71.8 Å². The van der Waals surface area contributed by atoms with E-state index in [9.17, 15) is 4.79 Å². The van der Waals surface area contributed by atoms with Crippen molar-refractivity contribution in [2.45, 2.75) is 13.8 Å². The quantitative estimate of drug-likeness (QED) is 0.617. The molecule has 3 heterocycles. The SMILES string of the molecule is Cc1ccccc1NC(=O)c1cnc2nc(-c3cccnc3)nn2c1C. The van der Waals surface area contributed by atoms with Gasteiger partial charge >= 0.3 is 0 Å². The molecule has 0 spiro atoms. The Labute approximate surface area is 149 Å². The largest absolute Gasteiger partial charge is 0.322 e. The van der Waals surface area contributed by atoms with Crippen LogP contribution in [0, 0.1) is 13.8 Å². The van der Waals surface area contributed by atoms with Crippen molar-refractivity contribution in [1.82, 2.24) is 24.6 Å². The van der Waals surface area contributed by atoms with Crippen molar-refractivity contribution in [3.63, 3.8) is 0 Å². The monoisotopic (exact) mass is 344 g/mol. The summed E-state index contributed by atoms with van der Waals surface area (Å²) >= 11 is 0. The number of amides is 1. The first-order valence-corrected chi connectivity index (χ1v) is 8.13. The van der Waals surface area contributed by atoms with Gasteiger partial charge in [0.15, 0.2) is 5.82 Å². The van der Waals surface area contributed by atoms with Gasteiger partial charge < -0.3 is 5.32 Å². The second kappa shape index (κ2) is 6.36. The standard InChI is InChI=1S/C19H16N6O/c1-12-6-3-4-8-16(12)22-18(26)15-11-21-19-23-17(24-25(19)13(15)2)14-7-5-9-20-10-14/h3-11H,1-2H3,(H,22,26). The zero-order valence-corrected chi connectivity index (χ0v) is 14.3. The van der Waals surface area contributed by atoms with Gasteiger partial charge in [0.25, 0.3) is 11.7 Å². The van der Waals surface area contributed by atoms with Crippen molar-refractivity contribution >= 4 is 17.4 Å². The third kappa shape index (κ3) is 2.79. The summed E-state index contributed by atoms with van der Waals surface area (Å²) in [6.07, 6.45) is 4.91. The van der Waals surface area contributed by atoms with Crippen LogP contribution in [0.15, 0.2) is 55.0 Å². The van der Waals surface area contributed by atoms with Crippen LogP contribution < -0.4 is 5.32 Å². The van der Waals surface area contributed by atoms with Gasteiger partial charge in [-0.05, 0) is 37.6 Å². The number of hydrogen-bond donors (Lipinski definition) is 1. The topological polar surface area (TPSA) is 85.1 Å². The summed E-state index contributed by atoms with van der Waals surface area (Å²) in [7, 11) is 0. The Bertz CT molecular complexity index is 1100. The highest BCUT2D eigenvalue weighted by Gasteiger charge is 2.16. The lowest BCUT2D eigenvalue weighted by Crippen LogP contribution is -2.16. The molecule has 1 aromatic carbocycles. The predicted octanol–water partition coefficient (Wildman–Crippen LogP) is 3.06. The molecule has 0 saturated heterocycles. The highest BCUT2D eigenvalue weighted by Crippen LogP contribution is 2.18. The maximum absolute atomic E-state index is 12.7. The number of aromatic nitrogens is 5. The molecule has 0 unspecified atom stereocenters. The molecule has 4 aromatic rings. The summed E-state index contributed by atoms with van der Waals surface area (Å²) in [6.45, 7) is 3.77. The van der Waals surface area contributed by atoms with Gasteiger partial charge in [-0.3, -0.25) is 9.78 Å². The van der Waals surface area contributed by atoms with Crippen molar-refractivity contribution in [1.29, 1.82) is 0 Å². The number of nitrogens with one attached hydrogen (secondary N) is 1. The lowest BCUT2D eigenvalue weighted by Gasteiger charge is -2.09. The maximum Gasteiger partial charge on any atom is 0.259 e. The van der Waals surface area contributed by atoms with Crippen LogP contribution in [-0.2, 0) is 0 Å². The van der Waals surface area contributed by atoms with E-state index in [4.69, 9.17) is 0 Å². The number of hydrogen-bond acceptors (Lipinski definition) is 5. The summed E-state index contributed by atoms with van der Waals surface area (Å²) < 4.78 is 1.58. The summed E-state index contributed by atoms with van der Waals surface area (Å²) in [5.41, 5.74) is 3.68. The van der Waals surface area contributed by atoms with Gasteiger partial charge in [-0.1, -0.05) is 18.2 Å². The highest BCUT2D eigenvalue weighted by molar-refractivity contribution is 6.05. The van der Waals surface area contributed by atoms with Crippen molar-refractivity contribution in [3.8, 4) is 11.4 Å². The number of aryl methyl sites for hydroxylation is 2. The van der Waals surface area contributed by atoms with E-state index in [1.165, 1.54) is 6.20 Å². The highest BCUT2D eigenvalue weighted by atomic mass is 16.1. The summed E-state index contributed by atoms with van der Waals surface area (Å²) in [6, 6.07) is 11.3. The van der Waals surface area contributed by atoms with Gasteiger partial charge in [0.05, 0.1) is 11.3 Å². The second-order valence-corrected chi connectivity index (χ2v) is 5.92. The van der Waals surface area contributed by atoms with Crippen LogP contribution in [-0.4, -0.2) is 30.5 Å². The molecule has 26 heavy (non-hydrogen) atoms. The van der Waals surface area contributed by atoms with E-state index in [-0.39, 0.29) is 5.91 Å². The number of anilines is 1. The molecule has 3 aromatic heterocycles. The second-order valence-electron chi connectivity index (χ2n) is 5.92. The number of nitrogens with zero attached hydrogens (tertiary/aromatic N) is 5. The summed E-state index contributed by atoms with van der Waals surface area (Å²) in [5, 5.41) is 7.39. The predicted molar refractivity (Wildman–Crippen MR) is 97.9 cm³/mol. The molecule has 128 valence electrons. The third-order valence-electron chi connectivity index (χ3n) is 4.16. The molecule has 0 saturated carbocycles. The van der Waals surface area contributed by atoms with Gasteiger partial charge in [0.1, 0.15) is 0 Å². The minimum Gasteiger partial charge on any atom is -0.322 e. The van der Waals surface area contributed by atoms with Crippen LogP contribution >= 0.6 is 0 Å². The summed E-state index contributed by atoms with van der Waals surface area (Å²) in [4.78, 5) is 25.5. The molecule has 4 rings (SSSR count). The van der Waals surface area contributed by atoms with E-state index in [2.05, 4.69) is 25.4 Å². The van der Waals surface area contributed by atoms with Crippen LogP contribution in [0.2, 0.25) is 0 Å². The fourth-order valence-electron chi connectivity index (χ4n) is 2.69. The first-order chi connectivity index (χ1) is 12.6. The van der Waals surface area contributed by atoms with Crippen molar-refractivity contribution in [2.24, 2.45) is 0 Å². The van der Waals surface area contributed by atoms with Gasteiger partial charge in [-0.15, -0.1) is 5.10 Å². The average Bonchev–Trinajstić information content (AvgIpc) is 3.10. The number of carbonyl (C=O) groups excluding carboxylic acids is 1. The van der Waals surface area contributed by atoms with E-state index in [0.29, 0.717) is 22.9 Å². The minimum atomic E-state index is -0.232. The lowest BCUT2D eigenvalue weighted by molar-refractivity contribution is 0.102. The number of benzene rings is 1. The zero-order valence-electron chi connectivity index (χ0n) is 14.3. The molecule has 0 fully saturated rings. The molecule has 0 aliphatic rings. The van der Waals surface area contributed by atoms with Crippen molar-refractivity contribution < 1.29 is 4.79 Å². The van der Waals surface area contributed by atoms with E-state index < -0.39 is 0 Å². The van der Waals surface area contributed by atoms with Crippen LogP contribution in [0.25, 0.3) is 17.2 Å². The molecule has 0 aliphatic heterocycles. The summed E-state index contributed by atoms with van der Waals surface area (Å²) in [5.74, 6) is 0.726. The van der Waals surface area contributed by atoms with Crippen LogP contribution in [0.4, 0.5) is 5.69 Å². The van der Waals surface area contributed by atoms with Crippen LogP contribution in [0.3, 0.4) is 0 Å². The van der Waals surface area contributed by atoms with Gasteiger partial charge in [0.2, 0.25) is 0 Å². The Kier molecular flexibility index (Phi) is 3.89. The maximum atomic E-state index is 12.7. The van der Waals surface area contributed by atoms with E-state index in [1.54, 1.807) is 16.9 Å². The number of carbonyl (C=O) groups is 1. The molecule has 7 heteroatoms. The van der Waals surface area contributed by atoms with Crippen molar-refractivity contribution in [2.75, 3.05) is 5.32 Å².